The minimum absolute atomic E-state index is 0.612. The highest BCUT2D eigenvalue weighted by Crippen LogP contribution is 2.39. The summed E-state index contributed by atoms with van der Waals surface area (Å²) in [7, 11) is 0. The summed E-state index contributed by atoms with van der Waals surface area (Å²) in [5, 5.41) is 0.934. The first kappa shape index (κ1) is 13.7. The van der Waals surface area contributed by atoms with E-state index in [1.807, 2.05) is 0 Å². The van der Waals surface area contributed by atoms with Crippen LogP contribution in [0.25, 0.3) is 0 Å². The summed E-state index contributed by atoms with van der Waals surface area (Å²) in [6, 6.07) is 0. The molecule has 0 N–H and O–H groups in total. The highest BCUT2D eigenvalue weighted by atomic mass is 32.2. The van der Waals surface area contributed by atoms with Crippen molar-refractivity contribution in [2.24, 2.45) is 5.41 Å². The lowest BCUT2D eigenvalue weighted by Gasteiger charge is -2.34. The highest BCUT2D eigenvalue weighted by molar-refractivity contribution is 7.99. The van der Waals surface area contributed by atoms with Crippen molar-refractivity contribution in [1.82, 2.24) is 4.90 Å². The van der Waals surface area contributed by atoms with E-state index in [2.05, 4.69) is 30.5 Å². The quantitative estimate of drug-likeness (QED) is 0.768. The Labute approximate surface area is 110 Å². The van der Waals surface area contributed by atoms with E-state index >= 15 is 0 Å². The molecule has 0 bridgehead atoms. The van der Waals surface area contributed by atoms with E-state index in [4.69, 9.17) is 4.74 Å². The molecule has 1 saturated heterocycles. The average molecular weight is 257 g/mol. The van der Waals surface area contributed by atoms with Crippen molar-refractivity contribution in [1.29, 1.82) is 0 Å². The standard InChI is InChI=1S/C14H27NOS/c1-14(2)5-3-13(4-6-14)17-12-9-15-7-10-16-11-8-15/h13H,3-12H2,1-2H3. The Morgan fingerprint density at radius 2 is 1.82 bits per heavy atom. The Balaban J connectivity index is 1.56. The smallest absolute Gasteiger partial charge is 0.0594 e. The molecule has 0 radical (unpaired) electrons. The largest absolute Gasteiger partial charge is 0.379 e. The molecule has 1 heterocycles. The number of ether oxygens (including phenoxy) is 1. The van der Waals surface area contributed by atoms with E-state index in [0.29, 0.717) is 5.41 Å². The van der Waals surface area contributed by atoms with Gasteiger partial charge in [0.15, 0.2) is 0 Å². The van der Waals surface area contributed by atoms with Gasteiger partial charge in [-0.05, 0) is 31.1 Å². The average Bonchev–Trinajstić information content (AvgIpc) is 2.33. The molecule has 1 aliphatic heterocycles. The Morgan fingerprint density at radius 3 is 2.47 bits per heavy atom. The van der Waals surface area contributed by atoms with Crippen LogP contribution in [0.3, 0.4) is 0 Å². The number of hydrogen-bond donors (Lipinski definition) is 0. The van der Waals surface area contributed by atoms with Crippen LogP contribution in [-0.4, -0.2) is 48.8 Å². The lowest BCUT2D eigenvalue weighted by molar-refractivity contribution is 0.0410. The molecule has 1 saturated carbocycles. The molecule has 0 unspecified atom stereocenters. The first-order valence-corrected chi connectivity index (χ1v) is 8.12. The van der Waals surface area contributed by atoms with Gasteiger partial charge in [-0.25, -0.2) is 0 Å². The van der Waals surface area contributed by atoms with E-state index < -0.39 is 0 Å². The van der Waals surface area contributed by atoms with Gasteiger partial charge >= 0.3 is 0 Å². The second-order valence-corrected chi connectivity index (χ2v) is 7.60. The van der Waals surface area contributed by atoms with Gasteiger partial charge in [-0.3, -0.25) is 4.90 Å². The minimum Gasteiger partial charge on any atom is -0.379 e. The van der Waals surface area contributed by atoms with Crippen LogP contribution in [0.1, 0.15) is 39.5 Å². The topological polar surface area (TPSA) is 12.5 Å². The predicted molar refractivity (Wildman–Crippen MR) is 75.8 cm³/mol. The maximum absolute atomic E-state index is 5.37. The maximum Gasteiger partial charge on any atom is 0.0594 e. The molecule has 0 aromatic heterocycles. The zero-order chi connectivity index (χ0) is 12.1. The van der Waals surface area contributed by atoms with Crippen LogP contribution in [0, 0.1) is 5.41 Å². The summed E-state index contributed by atoms with van der Waals surface area (Å²) in [4.78, 5) is 2.54. The van der Waals surface area contributed by atoms with E-state index in [1.165, 1.54) is 38.0 Å². The van der Waals surface area contributed by atoms with E-state index in [9.17, 15) is 0 Å². The summed E-state index contributed by atoms with van der Waals surface area (Å²) in [6.45, 7) is 10.2. The lowest BCUT2D eigenvalue weighted by Crippen LogP contribution is -2.37. The third-order valence-corrected chi connectivity index (χ3v) is 5.51. The van der Waals surface area contributed by atoms with Crippen molar-refractivity contribution in [3.8, 4) is 0 Å². The van der Waals surface area contributed by atoms with Crippen LogP contribution in [0.15, 0.2) is 0 Å². The monoisotopic (exact) mass is 257 g/mol. The molecule has 0 amide bonds. The first-order valence-electron chi connectivity index (χ1n) is 7.07. The second kappa shape index (κ2) is 6.44. The molecule has 1 aliphatic carbocycles. The highest BCUT2D eigenvalue weighted by Gasteiger charge is 2.26. The second-order valence-electron chi connectivity index (χ2n) is 6.19. The lowest BCUT2D eigenvalue weighted by atomic mass is 9.77. The summed E-state index contributed by atoms with van der Waals surface area (Å²) in [5.41, 5.74) is 0.612. The van der Waals surface area contributed by atoms with Gasteiger partial charge in [-0.2, -0.15) is 11.8 Å². The summed E-state index contributed by atoms with van der Waals surface area (Å²) in [5.74, 6) is 1.31. The molecule has 0 aromatic rings. The molecule has 17 heavy (non-hydrogen) atoms. The fourth-order valence-electron chi connectivity index (χ4n) is 2.71. The molecule has 0 atom stereocenters. The third kappa shape index (κ3) is 4.80. The normalized spacial score (nSPS) is 27.2. The number of hydrogen-bond acceptors (Lipinski definition) is 3. The van der Waals surface area contributed by atoms with Gasteiger partial charge in [0.2, 0.25) is 0 Å². The molecular formula is C14H27NOS. The van der Waals surface area contributed by atoms with Crippen molar-refractivity contribution in [2.75, 3.05) is 38.6 Å². The molecular weight excluding hydrogens is 230 g/mol. The number of nitrogens with zero attached hydrogens (tertiary/aromatic N) is 1. The molecule has 2 fully saturated rings. The summed E-state index contributed by atoms with van der Waals surface area (Å²) in [6.07, 6.45) is 5.70. The maximum atomic E-state index is 5.37. The van der Waals surface area contributed by atoms with Gasteiger partial charge in [0.1, 0.15) is 0 Å². The number of morpholine rings is 1. The van der Waals surface area contributed by atoms with Crippen molar-refractivity contribution < 1.29 is 4.74 Å². The fourth-order valence-corrected chi connectivity index (χ4v) is 3.98. The third-order valence-electron chi connectivity index (χ3n) is 4.15. The molecule has 100 valence electrons. The van der Waals surface area contributed by atoms with Crippen molar-refractivity contribution in [3.63, 3.8) is 0 Å². The fraction of sp³-hybridized carbons (Fsp3) is 1.00. The van der Waals surface area contributed by atoms with Gasteiger partial charge in [-0.1, -0.05) is 13.8 Å². The van der Waals surface area contributed by atoms with Crippen molar-refractivity contribution in [2.45, 2.75) is 44.8 Å². The zero-order valence-corrected chi connectivity index (χ0v) is 12.2. The Kier molecular flexibility index (Phi) is 5.19. The molecule has 0 spiro atoms. The van der Waals surface area contributed by atoms with E-state index in [0.717, 1.165) is 31.6 Å². The molecule has 2 rings (SSSR count). The van der Waals surface area contributed by atoms with Crippen LogP contribution in [0.4, 0.5) is 0 Å². The number of thioether (sulfide) groups is 1. The van der Waals surface area contributed by atoms with Gasteiger partial charge in [0.25, 0.3) is 0 Å². The predicted octanol–water partition coefficient (Wildman–Crippen LogP) is 3.02. The molecule has 3 heteroatoms. The molecule has 0 aromatic carbocycles. The van der Waals surface area contributed by atoms with E-state index in [-0.39, 0.29) is 0 Å². The van der Waals surface area contributed by atoms with Crippen molar-refractivity contribution in [3.05, 3.63) is 0 Å². The Hall–Kier alpha value is 0.270. The summed E-state index contributed by atoms with van der Waals surface area (Å²) < 4.78 is 5.37. The Morgan fingerprint density at radius 1 is 1.18 bits per heavy atom. The van der Waals surface area contributed by atoms with Crippen LogP contribution < -0.4 is 0 Å². The van der Waals surface area contributed by atoms with Gasteiger partial charge in [-0.15, -0.1) is 0 Å². The van der Waals surface area contributed by atoms with Gasteiger partial charge < -0.3 is 4.74 Å². The molecule has 2 aliphatic rings. The SMILES string of the molecule is CC1(C)CCC(SCCN2CCOCC2)CC1. The summed E-state index contributed by atoms with van der Waals surface area (Å²) >= 11 is 2.21. The minimum atomic E-state index is 0.612. The number of rotatable bonds is 4. The van der Waals surface area contributed by atoms with Crippen LogP contribution in [0.5, 0.6) is 0 Å². The Bertz CT molecular complexity index is 216. The van der Waals surface area contributed by atoms with Gasteiger partial charge in [0.05, 0.1) is 13.2 Å². The van der Waals surface area contributed by atoms with Crippen LogP contribution >= 0.6 is 11.8 Å². The first-order chi connectivity index (χ1) is 8.16. The van der Waals surface area contributed by atoms with Crippen molar-refractivity contribution >= 4 is 11.8 Å². The molecule has 2 nitrogen and oxygen atoms in total. The zero-order valence-electron chi connectivity index (χ0n) is 11.4. The van der Waals surface area contributed by atoms with Crippen LogP contribution in [-0.2, 0) is 4.74 Å². The van der Waals surface area contributed by atoms with Crippen LogP contribution in [0.2, 0.25) is 0 Å². The van der Waals surface area contributed by atoms with E-state index in [1.54, 1.807) is 0 Å². The van der Waals surface area contributed by atoms with Gasteiger partial charge in [0, 0.05) is 30.6 Å².